The minimum absolute atomic E-state index is 0.205. The van der Waals surface area contributed by atoms with Gasteiger partial charge in [-0.25, -0.2) is 4.79 Å². The molecule has 1 aromatic heterocycles. The van der Waals surface area contributed by atoms with E-state index in [1.165, 1.54) is 6.26 Å². The highest BCUT2D eigenvalue weighted by Crippen LogP contribution is 2.24. The summed E-state index contributed by atoms with van der Waals surface area (Å²) in [7, 11) is 0. The molecule has 0 aliphatic rings. The number of nitrogens with one attached hydrogen (secondary N) is 2. The van der Waals surface area contributed by atoms with Crippen molar-refractivity contribution < 1.29 is 18.7 Å². The van der Waals surface area contributed by atoms with Crippen LogP contribution in [-0.2, 0) is 11.3 Å². The molecule has 122 valence electrons. The van der Waals surface area contributed by atoms with Crippen LogP contribution in [0.2, 0.25) is 0 Å². The molecule has 2 aromatic carbocycles. The minimum Gasteiger partial charge on any atom is -0.483 e. The summed E-state index contributed by atoms with van der Waals surface area (Å²) in [5, 5.41) is 6.66. The number of carbonyl (C=O) groups is 2. The molecule has 0 spiro atoms. The molecule has 0 bridgehead atoms. The van der Waals surface area contributed by atoms with Gasteiger partial charge in [0.2, 0.25) is 0 Å². The van der Waals surface area contributed by atoms with Gasteiger partial charge in [0.25, 0.3) is 5.91 Å². The van der Waals surface area contributed by atoms with Crippen molar-refractivity contribution in [2.24, 2.45) is 0 Å². The van der Waals surface area contributed by atoms with Crippen molar-refractivity contribution in [1.82, 2.24) is 10.6 Å². The SMILES string of the molecule is O=C(COc1cccc2ccccc12)NC(=O)NCc1ccco1. The second-order valence-electron chi connectivity index (χ2n) is 5.08. The predicted molar refractivity (Wildman–Crippen MR) is 88.5 cm³/mol. The number of rotatable bonds is 5. The average molecular weight is 324 g/mol. The summed E-state index contributed by atoms with van der Waals surface area (Å²) < 4.78 is 10.6. The van der Waals surface area contributed by atoms with E-state index < -0.39 is 11.9 Å². The van der Waals surface area contributed by atoms with E-state index in [0.717, 1.165) is 10.8 Å². The number of ether oxygens (including phenoxy) is 1. The lowest BCUT2D eigenvalue weighted by Gasteiger charge is -2.09. The number of urea groups is 1. The van der Waals surface area contributed by atoms with Crippen LogP contribution < -0.4 is 15.4 Å². The van der Waals surface area contributed by atoms with Gasteiger partial charge in [0, 0.05) is 5.39 Å². The normalized spacial score (nSPS) is 10.3. The van der Waals surface area contributed by atoms with Gasteiger partial charge in [0.15, 0.2) is 6.61 Å². The second kappa shape index (κ2) is 7.32. The molecule has 0 saturated heterocycles. The van der Waals surface area contributed by atoms with Crippen molar-refractivity contribution in [2.75, 3.05) is 6.61 Å². The Hall–Kier alpha value is -3.28. The Morgan fingerprint density at radius 2 is 1.83 bits per heavy atom. The Balaban J connectivity index is 1.50. The first-order valence-corrected chi connectivity index (χ1v) is 7.43. The van der Waals surface area contributed by atoms with E-state index in [4.69, 9.17) is 9.15 Å². The molecule has 0 saturated carbocycles. The molecule has 3 rings (SSSR count). The topological polar surface area (TPSA) is 80.6 Å². The molecule has 1 heterocycles. The smallest absolute Gasteiger partial charge is 0.321 e. The molecule has 3 aromatic rings. The molecule has 0 radical (unpaired) electrons. The van der Waals surface area contributed by atoms with Gasteiger partial charge >= 0.3 is 6.03 Å². The Kier molecular flexibility index (Phi) is 4.76. The summed E-state index contributed by atoms with van der Waals surface area (Å²) in [6.07, 6.45) is 1.51. The van der Waals surface area contributed by atoms with Crippen molar-refractivity contribution >= 4 is 22.7 Å². The van der Waals surface area contributed by atoms with Crippen LogP contribution in [0.25, 0.3) is 10.8 Å². The van der Waals surface area contributed by atoms with E-state index in [0.29, 0.717) is 11.5 Å². The zero-order chi connectivity index (χ0) is 16.8. The van der Waals surface area contributed by atoms with Crippen molar-refractivity contribution in [1.29, 1.82) is 0 Å². The third kappa shape index (κ3) is 3.92. The molecule has 6 nitrogen and oxygen atoms in total. The first-order chi connectivity index (χ1) is 11.7. The highest BCUT2D eigenvalue weighted by atomic mass is 16.5. The lowest BCUT2D eigenvalue weighted by Crippen LogP contribution is -2.41. The largest absolute Gasteiger partial charge is 0.483 e. The Bertz CT molecular complexity index is 838. The van der Waals surface area contributed by atoms with E-state index >= 15 is 0 Å². The molecular formula is C18H16N2O4. The van der Waals surface area contributed by atoms with E-state index in [1.807, 2.05) is 36.4 Å². The maximum Gasteiger partial charge on any atom is 0.321 e. The number of carbonyl (C=O) groups excluding carboxylic acids is 2. The van der Waals surface area contributed by atoms with Gasteiger partial charge in [-0.3, -0.25) is 10.1 Å². The fourth-order valence-corrected chi connectivity index (χ4v) is 2.25. The summed E-state index contributed by atoms with van der Waals surface area (Å²) in [6.45, 7) is -0.0432. The number of hydrogen-bond acceptors (Lipinski definition) is 4. The van der Waals surface area contributed by atoms with Gasteiger partial charge in [0.1, 0.15) is 11.5 Å². The van der Waals surface area contributed by atoms with Crippen LogP contribution in [0.3, 0.4) is 0 Å². The standard InChI is InChI=1S/C18H16N2O4/c21-17(20-18(22)19-11-14-7-4-10-23-14)12-24-16-9-3-6-13-5-1-2-8-15(13)16/h1-10H,11-12H2,(H2,19,20,21,22). The number of furan rings is 1. The lowest BCUT2D eigenvalue weighted by molar-refractivity contribution is -0.121. The van der Waals surface area contributed by atoms with Gasteiger partial charge in [-0.2, -0.15) is 0 Å². The summed E-state index contributed by atoms with van der Waals surface area (Å²) in [5.41, 5.74) is 0. The van der Waals surface area contributed by atoms with Crippen LogP contribution in [0.4, 0.5) is 4.79 Å². The quantitative estimate of drug-likeness (QED) is 0.756. The van der Waals surface area contributed by atoms with E-state index in [1.54, 1.807) is 18.2 Å². The highest BCUT2D eigenvalue weighted by molar-refractivity contribution is 5.95. The molecule has 2 N–H and O–H groups in total. The molecular weight excluding hydrogens is 308 g/mol. The minimum atomic E-state index is -0.599. The summed E-state index contributed by atoms with van der Waals surface area (Å²) >= 11 is 0. The summed E-state index contributed by atoms with van der Waals surface area (Å²) in [4.78, 5) is 23.4. The monoisotopic (exact) mass is 324 g/mol. The molecule has 0 aliphatic carbocycles. The van der Waals surface area contributed by atoms with Gasteiger partial charge in [-0.05, 0) is 23.6 Å². The first-order valence-electron chi connectivity index (χ1n) is 7.43. The third-order valence-electron chi connectivity index (χ3n) is 3.36. The summed E-state index contributed by atoms with van der Waals surface area (Å²) in [5.74, 6) is 0.670. The van der Waals surface area contributed by atoms with Crippen LogP contribution in [0.15, 0.2) is 65.3 Å². The third-order valence-corrected chi connectivity index (χ3v) is 3.36. The number of benzene rings is 2. The fraction of sp³-hybridized carbons (Fsp3) is 0.111. The van der Waals surface area contributed by atoms with Crippen molar-refractivity contribution in [3.05, 3.63) is 66.6 Å². The summed E-state index contributed by atoms with van der Waals surface area (Å²) in [6, 6.07) is 16.2. The van der Waals surface area contributed by atoms with Crippen molar-refractivity contribution in [3.63, 3.8) is 0 Å². The van der Waals surface area contributed by atoms with Gasteiger partial charge in [-0.15, -0.1) is 0 Å². The number of amides is 3. The van der Waals surface area contributed by atoms with E-state index in [9.17, 15) is 9.59 Å². The van der Waals surface area contributed by atoms with Crippen LogP contribution in [0.1, 0.15) is 5.76 Å². The predicted octanol–water partition coefficient (Wildman–Crippen LogP) is 2.84. The molecule has 0 aliphatic heterocycles. The van der Waals surface area contributed by atoms with Crippen LogP contribution in [0.5, 0.6) is 5.75 Å². The van der Waals surface area contributed by atoms with E-state index in [2.05, 4.69) is 10.6 Å². The molecule has 0 fully saturated rings. The lowest BCUT2D eigenvalue weighted by atomic mass is 10.1. The maximum absolute atomic E-state index is 11.8. The van der Waals surface area contributed by atoms with Crippen LogP contribution >= 0.6 is 0 Å². The first kappa shape index (κ1) is 15.6. The molecule has 24 heavy (non-hydrogen) atoms. The number of fused-ring (bicyclic) bond motifs is 1. The van der Waals surface area contributed by atoms with Crippen LogP contribution in [0, 0.1) is 0 Å². The average Bonchev–Trinajstić information content (AvgIpc) is 3.11. The van der Waals surface area contributed by atoms with Gasteiger partial charge in [0.05, 0.1) is 12.8 Å². The fourth-order valence-electron chi connectivity index (χ4n) is 2.25. The molecule has 0 unspecified atom stereocenters. The molecule has 3 amide bonds. The Morgan fingerprint density at radius 3 is 2.67 bits per heavy atom. The maximum atomic E-state index is 11.8. The van der Waals surface area contributed by atoms with Crippen molar-refractivity contribution in [2.45, 2.75) is 6.54 Å². The number of imide groups is 1. The molecule has 6 heteroatoms. The highest BCUT2D eigenvalue weighted by Gasteiger charge is 2.10. The van der Waals surface area contributed by atoms with Gasteiger partial charge < -0.3 is 14.5 Å². The number of hydrogen-bond donors (Lipinski definition) is 2. The zero-order valence-corrected chi connectivity index (χ0v) is 12.8. The van der Waals surface area contributed by atoms with E-state index in [-0.39, 0.29) is 13.2 Å². The van der Waals surface area contributed by atoms with Gasteiger partial charge in [-0.1, -0.05) is 36.4 Å². The van der Waals surface area contributed by atoms with Crippen molar-refractivity contribution in [3.8, 4) is 5.75 Å². The second-order valence-corrected chi connectivity index (χ2v) is 5.08. The molecule has 0 atom stereocenters. The zero-order valence-electron chi connectivity index (χ0n) is 12.8. The van der Waals surface area contributed by atoms with Crippen LogP contribution in [-0.4, -0.2) is 18.5 Å². The Morgan fingerprint density at radius 1 is 1.00 bits per heavy atom. The Labute approximate surface area is 138 Å².